The van der Waals surface area contributed by atoms with Crippen LogP contribution >= 0.6 is 11.6 Å². The minimum Gasteiger partial charge on any atom is -0.497 e. The lowest BCUT2D eigenvalue weighted by molar-refractivity contribution is 0.242. The molecule has 1 aliphatic carbocycles. The van der Waals surface area contributed by atoms with E-state index < -0.39 is 33.0 Å². The van der Waals surface area contributed by atoms with E-state index in [0.29, 0.717) is 16.3 Å². The molecule has 2 aromatic carbocycles. The third-order valence-corrected chi connectivity index (χ3v) is 7.22. The van der Waals surface area contributed by atoms with Crippen molar-refractivity contribution in [2.75, 3.05) is 13.7 Å². The van der Waals surface area contributed by atoms with Crippen LogP contribution in [0.25, 0.3) is 0 Å². The van der Waals surface area contributed by atoms with Gasteiger partial charge in [-0.25, -0.2) is 8.42 Å². The molecular formula is C18H16ClNO4S. The molecule has 0 bridgehead atoms. The monoisotopic (exact) mass is 377 g/mol. The molecule has 0 saturated heterocycles. The van der Waals surface area contributed by atoms with Crippen molar-refractivity contribution in [3.63, 3.8) is 0 Å². The Morgan fingerprint density at radius 3 is 2.28 bits per heavy atom. The van der Waals surface area contributed by atoms with Crippen molar-refractivity contribution in [3.05, 3.63) is 59.1 Å². The van der Waals surface area contributed by atoms with Crippen LogP contribution in [0.5, 0.6) is 5.75 Å². The van der Waals surface area contributed by atoms with Gasteiger partial charge in [0.15, 0.2) is 9.84 Å². The van der Waals surface area contributed by atoms with Gasteiger partial charge in [0, 0.05) is 10.9 Å². The fourth-order valence-corrected chi connectivity index (χ4v) is 5.71. The molecule has 1 N–H and O–H groups in total. The molecule has 0 radical (unpaired) electrons. The Morgan fingerprint density at radius 2 is 1.80 bits per heavy atom. The number of benzene rings is 2. The molecule has 0 unspecified atom stereocenters. The number of sulfone groups is 1. The van der Waals surface area contributed by atoms with Crippen LogP contribution in [0.3, 0.4) is 0 Å². The largest absolute Gasteiger partial charge is 0.497 e. The Morgan fingerprint density at radius 1 is 1.20 bits per heavy atom. The minimum atomic E-state index is -3.80. The molecule has 1 aliphatic rings. The molecule has 5 nitrogen and oxygen atoms in total. The van der Waals surface area contributed by atoms with E-state index in [1.165, 1.54) is 31.4 Å². The van der Waals surface area contributed by atoms with Gasteiger partial charge in [0.25, 0.3) is 0 Å². The number of ether oxygens (including phenoxy) is 1. The molecular weight excluding hydrogens is 362 g/mol. The van der Waals surface area contributed by atoms with Crippen molar-refractivity contribution in [2.24, 2.45) is 5.41 Å². The van der Waals surface area contributed by atoms with Crippen LogP contribution in [0.2, 0.25) is 5.02 Å². The zero-order valence-electron chi connectivity index (χ0n) is 13.4. The molecule has 0 heterocycles. The first-order valence-electron chi connectivity index (χ1n) is 7.56. The highest BCUT2D eigenvalue weighted by atomic mass is 35.5. The third-order valence-electron chi connectivity index (χ3n) is 4.68. The number of nitriles is 1. The van der Waals surface area contributed by atoms with E-state index in [0.717, 1.165) is 0 Å². The van der Waals surface area contributed by atoms with Crippen LogP contribution in [0.15, 0.2) is 53.4 Å². The van der Waals surface area contributed by atoms with Gasteiger partial charge in [0.2, 0.25) is 0 Å². The summed E-state index contributed by atoms with van der Waals surface area (Å²) < 4.78 is 31.1. The van der Waals surface area contributed by atoms with Crippen LogP contribution in [0.1, 0.15) is 11.5 Å². The fraction of sp³-hybridized carbons (Fsp3) is 0.278. The molecule has 2 aromatic rings. The third kappa shape index (κ3) is 2.78. The van der Waals surface area contributed by atoms with E-state index in [9.17, 15) is 18.8 Å². The van der Waals surface area contributed by atoms with Crippen molar-refractivity contribution in [1.29, 1.82) is 5.26 Å². The number of hydrogen-bond donors (Lipinski definition) is 1. The molecule has 1 fully saturated rings. The summed E-state index contributed by atoms with van der Waals surface area (Å²) >= 11 is 5.82. The Kier molecular flexibility index (Phi) is 4.50. The summed E-state index contributed by atoms with van der Waals surface area (Å²) in [4.78, 5) is 0.0889. The second-order valence-electron chi connectivity index (χ2n) is 5.98. The lowest BCUT2D eigenvalue weighted by Gasteiger charge is -2.06. The minimum absolute atomic E-state index is 0.0889. The summed E-state index contributed by atoms with van der Waals surface area (Å²) in [5.74, 6) is 0.0298. The number of hydrogen-bond acceptors (Lipinski definition) is 5. The average molecular weight is 378 g/mol. The van der Waals surface area contributed by atoms with Gasteiger partial charge in [-0.1, -0.05) is 23.7 Å². The van der Waals surface area contributed by atoms with Crippen molar-refractivity contribution < 1.29 is 18.3 Å². The summed E-state index contributed by atoms with van der Waals surface area (Å²) in [5, 5.41) is 18.8. The number of rotatable bonds is 5. The number of aliphatic hydroxyl groups is 1. The summed E-state index contributed by atoms with van der Waals surface area (Å²) in [5.41, 5.74) is -0.675. The number of halogens is 1. The van der Waals surface area contributed by atoms with E-state index in [1.807, 2.05) is 6.07 Å². The van der Waals surface area contributed by atoms with Gasteiger partial charge in [-0.2, -0.15) is 5.26 Å². The Bertz CT molecular complexity index is 919. The molecule has 7 heteroatoms. The van der Waals surface area contributed by atoms with Gasteiger partial charge >= 0.3 is 0 Å². The number of nitrogens with zero attached hydrogens (tertiary/aromatic N) is 1. The highest BCUT2D eigenvalue weighted by Gasteiger charge is 2.72. The molecule has 0 amide bonds. The smallest absolute Gasteiger partial charge is 0.183 e. The maximum atomic E-state index is 13.0. The Balaban J connectivity index is 2.04. The van der Waals surface area contributed by atoms with E-state index in [2.05, 4.69) is 0 Å². The summed E-state index contributed by atoms with van der Waals surface area (Å²) in [7, 11) is -2.26. The predicted molar refractivity (Wildman–Crippen MR) is 93.3 cm³/mol. The van der Waals surface area contributed by atoms with E-state index in [1.54, 1.807) is 24.3 Å². The molecule has 130 valence electrons. The topological polar surface area (TPSA) is 87.4 Å². The first-order chi connectivity index (χ1) is 11.9. The Hall–Kier alpha value is -2.07. The molecule has 0 aliphatic heterocycles. The fourth-order valence-electron chi connectivity index (χ4n) is 3.27. The van der Waals surface area contributed by atoms with Crippen molar-refractivity contribution in [1.82, 2.24) is 0 Å². The molecule has 0 aromatic heterocycles. The summed E-state index contributed by atoms with van der Waals surface area (Å²) in [6, 6.07) is 14.7. The van der Waals surface area contributed by atoms with Gasteiger partial charge in [0.05, 0.1) is 29.9 Å². The normalized spacial score (nSPS) is 25.2. The van der Waals surface area contributed by atoms with Gasteiger partial charge in [-0.05, 0) is 42.0 Å². The lowest BCUT2D eigenvalue weighted by atomic mass is 10.0. The maximum absolute atomic E-state index is 13.0. The van der Waals surface area contributed by atoms with Crippen LogP contribution in [0.4, 0.5) is 0 Å². The van der Waals surface area contributed by atoms with Crippen LogP contribution in [-0.2, 0) is 9.84 Å². The SMILES string of the molecule is COc1ccc([C@@H]2[C@H](S(=O)(=O)c3ccc(Cl)cc3)[C@]2(C#N)CO)cc1. The first kappa shape index (κ1) is 17.7. The van der Waals surface area contributed by atoms with Crippen LogP contribution in [0, 0.1) is 16.7 Å². The molecule has 3 rings (SSSR count). The van der Waals surface area contributed by atoms with Gasteiger partial charge < -0.3 is 9.84 Å². The maximum Gasteiger partial charge on any atom is 0.183 e. The standard InChI is InChI=1S/C18H16ClNO4S/c1-24-14-6-2-12(3-7-14)16-17(18(16,10-20)11-21)25(22,23)15-8-4-13(19)5-9-15/h2-9,16-17,21H,11H2,1H3/t16-,17+,18-/m1/s1. The molecule has 1 saturated carbocycles. The molecule has 25 heavy (non-hydrogen) atoms. The van der Waals surface area contributed by atoms with Crippen LogP contribution < -0.4 is 4.74 Å². The first-order valence-corrected chi connectivity index (χ1v) is 9.48. The zero-order valence-corrected chi connectivity index (χ0v) is 15.0. The molecule has 3 atom stereocenters. The quantitative estimate of drug-likeness (QED) is 0.865. The van der Waals surface area contributed by atoms with E-state index >= 15 is 0 Å². The lowest BCUT2D eigenvalue weighted by Crippen LogP contribution is -2.18. The number of methoxy groups -OCH3 is 1. The zero-order chi connectivity index (χ0) is 18.2. The highest BCUT2D eigenvalue weighted by molar-refractivity contribution is 7.92. The predicted octanol–water partition coefficient (Wildman–Crippen LogP) is 2.79. The van der Waals surface area contributed by atoms with Gasteiger partial charge in [0.1, 0.15) is 11.2 Å². The second-order valence-corrected chi connectivity index (χ2v) is 8.49. The average Bonchev–Trinajstić information content (AvgIpc) is 3.33. The molecule has 0 spiro atoms. The van der Waals surface area contributed by atoms with Gasteiger partial charge in [-0.3, -0.25) is 0 Å². The van der Waals surface area contributed by atoms with Crippen molar-refractivity contribution >= 4 is 21.4 Å². The highest BCUT2D eigenvalue weighted by Crippen LogP contribution is 2.63. The van der Waals surface area contributed by atoms with Crippen molar-refractivity contribution in [2.45, 2.75) is 16.1 Å². The Labute approximate surface area is 151 Å². The van der Waals surface area contributed by atoms with Crippen molar-refractivity contribution in [3.8, 4) is 11.8 Å². The number of aliphatic hydroxyl groups excluding tert-OH is 1. The summed E-state index contributed by atoms with van der Waals surface area (Å²) in [6.07, 6.45) is 0. The van der Waals surface area contributed by atoms with Crippen LogP contribution in [-0.4, -0.2) is 32.5 Å². The summed E-state index contributed by atoms with van der Waals surface area (Å²) in [6.45, 7) is -0.530. The van der Waals surface area contributed by atoms with Gasteiger partial charge in [-0.15, -0.1) is 0 Å². The second kappa shape index (κ2) is 6.34. The van der Waals surface area contributed by atoms with E-state index in [4.69, 9.17) is 16.3 Å². The van der Waals surface area contributed by atoms with E-state index in [-0.39, 0.29) is 4.90 Å².